The Morgan fingerprint density at radius 1 is 0.600 bits per heavy atom. The fourth-order valence-corrected chi connectivity index (χ4v) is 7.19. The minimum Gasteiger partial charge on any atom is -0.463 e. The SMILES string of the molecule is C1CCOC1.CC(=O)N[C@H]1[C@H](OCCOCCCC(=O)OCc2ccccc2)O[C@H](COC(C)=O)[C@H](C)[C@@H]1OC(C)=O.CNCCOCCO[C@@H]1O[C@H](COC(C)=O)[C@H](C)[C@H](OC(C)=O)[C@H]1NC(C)=O. The summed E-state index contributed by atoms with van der Waals surface area (Å²) in [6, 6.07) is 7.95. The predicted octanol–water partition coefficient (Wildman–Crippen LogP) is 2.30. The monoisotopic (exact) mass is 1000 g/mol. The molecule has 10 atom stereocenters. The molecular formula is C48H77N3O19. The zero-order chi connectivity index (χ0) is 51.8. The van der Waals surface area contributed by atoms with Gasteiger partial charge in [-0.25, -0.2) is 0 Å². The molecule has 0 radical (unpaired) electrons. The molecule has 4 rings (SSSR count). The fraction of sp³-hybridized carbons (Fsp3) is 0.729. The lowest BCUT2D eigenvalue weighted by Crippen LogP contribution is -2.63. The highest BCUT2D eigenvalue weighted by atomic mass is 16.7. The average molecular weight is 1000 g/mol. The second-order valence-corrected chi connectivity index (χ2v) is 16.6. The van der Waals surface area contributed by atoms with Crippen LogP contribution in [0.15, 0.2) is 30.3 Å². The molecule has 3 fully saturated rings. The number of rotatable bonds is 25. The first-order valence-corrected chi connectivity index (χ1v) is 23.7. The molecule has 0 unspecified atom stereocenters. The number of benzene rings is 1. The number of carbonyl (C=O) groups excluding carboxylic acids is 7. The van der Waals surface area contributed by atoms with Crippen molar-refractivity contribution < 1.29 is 90.4 Å². The largest absolute Gasteiger partial charge is 0.463 e. The molecule has 3 saturated heterocycles. The maximum absolute atomic E-state index is 11.9. The summed E-state index contributed by atoms with van der Waals surface area (Å²) in [5.41, 5.74) is 0.923. The van der Waals surface area contributed by atoms with Gasteiger partial charge in [-0.1, -0.05) is 44.2 Å². The van der Waals surface area contributed by atoms with Gasteiger partial charge in [-0.3, -0.25) is 33.6 Å². The number of esters is 5. The summed E-state index contributed by atoms with van der Waals surface area (Å²) in [4.78, 5) is 81.2. The summed E-state index contributed by atoms with van der Waals surface area (Å²) in [7, 11) is 1.83. The number of ether oxygens (including phenoxy) is 12. The smallest absolute Gasteiger partial charge is 0.306 e. The first-order chi connectivity index (χ1) is 33.4. The van der Waals surface area contributed by atoms with E-state index in [4.69, 9.17) is 56.8 Å². The minimum absolute atomic E-state index is 0.0143. The third kappa shape index (κ3) is 25.9. The Morgan fingerprint density at radius 3 is 1.47 bits per heavy atom. The van der Waals surface area contributed by atoms with Crippen LogP contribution in [0.25, 0.3) is 0 Å². The molecule has 0 bridgehead atoms. The van der Waals surface area contributed by atoms with Crippen molar-refractivity contribution in [1.29, 1.82) is 0 Å². The Balaban J connectivity index is 0.000000449. The van der Waals surface area contributed by atoms with Crippen LogP contribution in [0.3, 0.4) is 0 Å². The Kier molecular flexibility index (Phi) is 30.9. The molecule has 70 heavy (non-hydrogen) atoms. The van der Waals surface area contributed by atoms with Gasteiger partial charge >= 0.3 is 29.8 Å². The molecule has 22 heteroatoms. The van der Waals surface area contributed by atoms with E-state index in [1.54, 1.807) is 13.8 Å². The van der Waals surface area contributed by atoms with Crippen LogP contribution in [0, 0.1) is 11.8 Å². The molecule has 0 aromatic heterocycles. The molecule has 1 aromatic carbocycles. The van der Waals surface area contributed by atoms with Crippen molar-refractivity contribution in [3.05, 3.63) is 35.9 Å². The van der Waals surface area contributed by atoms with Crippen molar-refractivity contribution in [3.8, 4) is 0 Å². The lowest BCUT2D eigenvalue weighted by Gasteiger charge is -2.44. The summed E-state index contributed by atoms with van der Waals surface area (Å²) in [5.74, 6) is -3.63. The molecule has 0 spiro atoms. The summed E-state index contributed by atoms with van der Waals surface area (Å²) in [6.45, 7) is 16.0. The van der Waals surface area contributed by atoms with Crippen molar-refractivity contribution in [2.24, 2.45) is 11.8 Å². The Hall–Kier alpha value is -4.81. The quantitative estimate of drug-likeness (QED) is 0.0721. The zero-order valence-electron chi connectivity index (χ0n) is 42.2. The van der Waals surface area contributed by atoms with Crippen LogP contribution in [-0.2, 0) is 97.0 Å². The van der Waals surface area contributed by atoms with E-state index in [1.807, 2.05) is 37.4 Å². The third-order valence-corrected chi connectivity index (χ3v) is 10.6. The molecule has 2 amide bonds. The van der Waals surface area contributed by atoms with Gasteiger partial charge in [0.2, 0.25) is 11.8 Å². The summed E-state index contributed by atoms with van der Waals surface area (Å²) >= 11 is 0. The number of amides is 2. The highest BCUT2D eigenvalue weighted by Crippen LogP contribution is 2.31. The van der Waals surface area contributed by atoms with E-state index in [0.29, 0.717) is 32.8 Å². The molecule has 0 saturated carbocycles. The number of carbonyl (C=O) groups is 7. The molecule has 0 aliphatic carbocycles. The van der Waals surface area contributed by atoms with E-state index in [-0.39, 0.29) is 69.8 Å². The highest BCUT2D eigenvalue weighted by Gasteiger charge is 2.48. The Morgan fingerprint density at radius 2 is 1.07 bits per heavy atom. The van der Waals surface area contributed by atoms with Crippen molar-refractivity contribution in [2.75, 3.05) is 79.7 Å². The van der Waals surface area contributed by atoms with Crippen LogP contribution in [0.4, 0.5) is 0 Å². The maximum atomic E-state index is 11.9. The lowest BCUT2D eigenvalue weighted by molar-refractivity contribution is -0.262. The normalized spacial score (nSPS) is 24.8. The van der Waals surface area contributed by atoms with Crippen molar-refractivity contribution in [2.45, 2.75) is 137 Å². The molecule has 3 aliphatic rings. The van der Waals surface area contributed by atoms with Gasteiger partial charge in [-0.15, -0.1) is 0 Å². The second-order valence-electron chi connectivity index (χ2n) is 16.6. The van der Waals surface area contributed by atoms with E-state index in [1.165, 1.54) is 54.4 Å². The van der Waals surface area contributed by atoms with Crippen molar-refractivity contribution in [1.82, 2.24) is 16.0 Å². The number of hydrogen-bond donors (Lipinski definition) is 3. The molecule has 3 heterocycles. The topological polar surface area (TPSA) is 266 Å². The van der Waals surface area contributed by atoms with Gasteiger partial charge < -0.3 is 72.8 Å². The van der Waals surface area contributed by atoms with Crippen LogP contribution in [-0.4, -0.2) is 170 Å². The van der Waals surface area contributed by atoms with E-state index in [2.05, 4.69) is 16.0 Å². The van der Waals surface area contributed by atoms with Gasteiger partial charge in [-0.2, -0.15) is 0 Å². The summed E-state index contributed by atoms with van der Waals surface area (Å²) < 4.78 is 65.7. The van der Waals surface area contributed by atoms with Crippen molar-refractivity contribution in [3.63, 3.8) is 0 Å². The standard InChI is InChI=1S/C26H37NO10.C18H32N2O8.C4H8O/c1-17-22(16-34-19(3)29)37-26(24(27-18(2)28)25(17)36-20(4)30)33-14-13-32-12-8-11-23(31)35-15-21-9-6-5-7-10-21;1-11-15(10-26-13(3)22)28-18(25-9-8-24-7-6-19-5)16(20-12(2)21)17(11)27-14(4)23;1-2-4-5-3-1/h5-7,9-10,17,22,24-26H,8,11-16H2,1-4H3,(H,27,28);11,15-19H,6-10H2,1-5H3,(H,20,21);1-4H2/t17-,22+,24+,25-,26+;11-,15+,16+,17-,18+;/m00./s1. The first kappa shape index (κ1) is 61.3. The Labute approximate surface area is 411 Å². The number of nitrogens with one attached hydrogen (secondary N) is 3. The van der Waals surface area contributed by atoms with Crippen LogP contribution in [0.5, 0.6) is 0 Å². The second kappa shape index (κ2) is 35.3. The average Bonchev–Trinajstić information content (AvgIpc) is 3.90. The van der Waals surface area contributed by atoms with Gasteiger partial charge in [0.05, 0.1) is 33.0 Å². The van der Waals surface area contributed by atoms with Gasteiger partial charge in [0, 0.05) is 86.2 Å². The third-order valence-electron chi connectivity index (χ3n) is 10.6. The first-order valence-electron chi connectivity index (χ1n) is 23.7. The molecule has 3 N–H and O–H groups in total. The van der Waals surface area contributed by atoms with E-state index >= 15 is 0 Å². The van der Waals surface area contributed by atoms with Gasteiger partial charge in [0.1, 0.15) is 56.3 Å². The fourth-order valence-electron chi connectivity index (χ4n) is 7.19. The molecule has 22 nitrogen and oxygen atoms in total. The predicted molar refractivity (Wildman–Crippen MR) is 248 cm³/mol. The lowest BCUT2D eigenvalue weighted by atomic mass is 9.89. The molecule has 398 valence electrons. The van der Waals surface area contributed by atoms with Gasteiger partial charge in [0.15, 0.2) is 12.6 Å². The maximum Gasteiger partial charge on any atom is 0.306 e. The van der Waals surface area contributed by atoms with Crippen LogP contribution in [0.1, 0.15) is 86.6 Å². The van der Waals surface area contributed by atoms with Gasteiger partial charge in [-0.05, 0) is 31.9 Å². The Bertz CT molecular complexity index is 1690. The minimum atomic E-state index is -0.971. The number of likely N-dealkylation sites (N-methyl/N-ethyl adjacent to an activating group) is 1. The van der Waals surface area contributed by atoms with E-state index in [9.17, 15) is 33.6 Å². The van der Waals surface area contributed by atoms with Crippen LogP contribution >= 0.6 is 0 Å². The highest BCUT2D eigenvalue weighted by molar-refractivity contribution is 5.74. The van der Waals surface area contributed by atoms with E-state index in [0.717, 1.165) is 18.8 Å². The zero-order valence-corrected chi connectivity index (χ0v) is 42.2. The van der Waals surface area contributed by atoms with E-state index < -0.39 is 78.9 Å². The van der Waals surface area contributed by atoms with Crippen LogP contribution in [0.2, 0.25) is 0 Å². The van der Waals surface area contributed by atoms with Crippen LogP contribution < -0.4 is 16.0 Å². The molecule has 1 aromatic rings. The van der Waals surface area contributed by atoms with Gasteiger partial charge in [0.25, 0.3) is 0 Å². The summed E-state index contributed by atoms with van der Waals surface area (Å²) in [5, 5.41) is 8.44. The molecule has 3 aliphatic heterocycles. The molecular weight excluding hydrogens is 923 g/mol. The van der Waals surface area contributed by atoms with Crippen molar-refractivity contribution >= 4 is 41.7 Å². The number of hydrogen-bond acceptors (Lipinski definition) is 20. The summed E-state index contributed by atoms with van der Waals surface area (Å²) in [6.07, 6.45) is -1.24.